The number of rotatable bonds is 5. The van der Waals surface area contributed by atoms with Crippen LogP contribution in [0, 0.1) is 0 Å². The summed E-state index contributed by atoms with van der Waals surface area (Å²) in [6.07, 6.45) is 0.146. The maximum atomic E-state index is 12.5. The molecule has 2 amide bonds. The third-order valence-corrected chi connectivity index (χ3v) is 5.21. The fourth-order valence-corrected chi connectivity index (χ4v) is 3.90. The van der Waals surface area contributed by atoms with Crippen LogP contribution < -0.4 is 20.5 Å². The molecule has 27 heavy (non-hydrogen) atoms. The summed E-state index contributed by atoms with van der Waals surface area (Å²) in [5, 5.41) is 3.26. The van der Waals surface area contributed by atoms with E-state index in [0.29, 0.717) is 22.1 Å². The Bertz CT molecular complexity index is 1010. The van der Waals surface area contributed by atoms with E-state index in [-0.39, 0.29) is 19.1 Å². The van der Waals surface area contributed by atoms with E-state index >= 15 is 0 Å². The molecule has 7 heteroatoms. The molecule has 2 aromatic carbocycles. The zero-order chi connectivity index (χ0) is 18.8. The maximum absolute atomic E-state index is 12.5. The number of hydrogen-bond donors (Lipinski definition) is 2. The van der Waals surface area contributed by atoms with Crippen LogP contribution in [0.15, 0.2) is 54.6 Å². The maximum Gasteiger partial charge on any atom is 0.251 e. The number of carbonyl (C=O) groups excluding carboxylic acids is 2. The number of carbonyl (C=O) groups is 2. The molecule has 1 aromatic heterocycles. The minimum atomic E-state index is -0.577. The van der Waals surface area contributed by atoms with Crippen molar-refractivity contribution >= 4 is 28.2 Å². The average Bonchev–Trinajstić information content (AvgIpc) is 3.29. The second-order valence-electron chi connectivity index (χ2n) is 6.00. The van der Waals surface area contributed by atoms with Gasteiger partial charge in [-0.1, -0.05) is 36.4 Å². The molecule has 0 spiro atoms. The van der Waals surface area contributed by atoms with E-state index in [0.717, 1.165) is 16.0 Å². The number of hydrogen-bond acceptors (Lipinski definition) is 5. The fraction of sp³-hybridized carbons (Fsp3) is 0.100. The molecule has 1 aliphatic rings. The summed E-state index contributed by atoms with van der Waals surface area (Å²) in [7, 11) is 0. The largest absolute Gasteiger partial charge is 0.454 e. The van der Waals surface area contributed by atoms with Crippen LogP contribution in [0.2, 0.25) is 0 Å². The molecule has 1 aliphatic heterocycles. The highest BCUT2D eigenvalue weighted by molar-refractivity contribution is 7.20. The predicted octanol–water partition coefficient (Wildman–Crippen LogP) is 3.42. The first-order chi connectivity index (χ1) is 13.1. The van der Waals surface area contributed by atoms with Crippen molar-refractivity contribution < 1.29 is 19.1 Å². The Morgan fingerprint density at radius 1 is 1.04 bits per heavy atom. The van der Waals surface area contributed by atoms with Crippen LogP contribution in [0.4, 0.5) is 5.00 Å². The first kappa shape index (κ1) is 17.1. The van der Waals surface area contributed by atoms with E-state index in [2.05, 4.69) is 5.32 Å². The van der Waals surface area contributed by atoms with Gasteiger partial charge in [-0.15, -0.1) is 11.3 Å². The van der Waals surface area contributed by atoms with Gasteiger partial charge in [-0.25, -0.2) is 0 Å². The quantitative estimate of drug-likeness (QED) is 0.710. The summed E-state index contributed by atoms with van der Waals surface area (Å²) in [4.78, 5) is 25.1. The van der Waals surface area contributed by atoms with Crippen LogP contribution in [-0.4, -0.2) is 18.6 Å². The van der Waals surface area contributed by atoms with Gasteiger partial charge in [-0.05, 0) is 29.3 Å². The van der Waals surface area contributed by atoms with Crippen molar-refractivity contribution in [2.24, 2.45) is 5.73 Å². The molecule has 0 saturated heterocycles. The van der Waals surface area contributed by atoms with Crippen LogP contribution in [-0.2, 0) is 11.2 Å². The smallest absolute Gasteiger partial charge is 0.251 e. The van der Waals surface area contributed by atoms with Crippen molar-refractivity contribution in [3.8, 4) is 21.9 Å². The minimum Gasteiger partial charge on any atom is -0.454 e. The average molecular weight is 380 g/mol. The monoisotopic (exact) mass is 380 g/mol. The molecule has 0 fully saturated rings. The lowest BCUT2D eigenvalue weighted by molar-refractivity contribution is -0.115. The lowest BCUT2D eigenvalue weighted by atomic mass is 10.1. The van der Waals surface area contributed by atoms with E-state index in [9.17, 15) is 9.59 Å². The molecule has 2 heterocycles. The second-order valence-corrected chi connectivity index (χ2v) is 7.05. The Kier molecular flexibility index (Phi) is 4.52. The molecule has 3 N–H and O–H groups in total. The summed E-state index contributed by atoms with van der Waals surface area (Å²) in [6.45, 7) is 0.185. The van der Waals surface area contributed by atoms with E-state index in [1.54, 1.807) is 18.2 Å². The highest BCUT2D eigenvalue weighted by Crippen LogP contribution is 2.36. The zero-order valence-electron chi connectivity index (χ0n) is 14.2. The summed E-state index contributed by atoms with van der Waals surface area (Å²) in [6, 6.07) is 16.7. The first-order valence-corrected chi connectivity index (χ1v) is 9.09. The third-order valence-electron chi connectivity index (χ3n) is 4.11. The standard InChI is InChI=1S/C20H16N2O4S/c21-19(24)14-10-17(13-4-2-1-3-5-13)27-20(14)22-18(23)9-12-6-7-15-16(8-12)26-11-25-15/h1-8,10H,9,11H2,(H2,21,24)(H,22,23). The number of primary amides is 1. The molecule has 0 radical (unpaired) electrons. The van der Waals surface area contributed by atoms with Crippen LogP contribution in [0.3, 0.4) is 0 Å². The van der Waals surface area contributed by atoms with Crippen molar-refractivity contribution in [3.05, 3.63) is 65.7 Å². The molecule has 0 saturated carbocycles. The van der Waals surface area contributed by atoms with Crippen LogP contribution in [0.25, 0.3) is 10.4 Å². The Morgan fingerprint density at radius 3 is 2.59 bits per heavy atom. The van der Waals surface area contributed by atoms with Gasteiger partial charge in [0.25, 0.3) is 5.91 Å². The second kappa shape index (κ2) is 7.13. The number of thiophene rings is 1. The molecule has 6 nitrogen and oxygen atoms in total. The summed E-state index contributed by atoms with van der Waals surface area (Å²) in [5.41, 5.74) is 7.53. The third kappa shape index (κ3) is 3.63. The van der Waals surface area contributed by atoms with Gasteiger partial charge in [0.2, 0.25) is 12.7 Å². The van der Waals surface area contributed by atoms with Gasteiger partial charge in [0.15, 0.2) is 11.5 Å². The first-order valence-electron chi connectivity index (χ1n) is 8.27. The number of anilines is 1. The molecule has 0 aliphatic carbocycles. The number of ether oxygens (including phenoxy) is 2. The van der Waals surface area contributed by atoms with Gasteiger partial charge in [0, 0.05) is 4.88 Å². The van der Waals surface area contributed by atoms with Crippen molar-refractivity contribution in [1.82, 2.24) is 0 Å². The SMILES string of the molecule is NC(=O)c1cc(-c2ccccc2)sc1NC(=O)Cc1ccc2c(c1)OCO2. The van der Waals surface area contributed by atoms with Gasteiger partial charge in [0.05, 0.1) is 12.0 Å². The van der Waals surface area contributed by atoms with Gasteiger partial charge in [-0.2, -0.15) is 0 Å². The highest BCUT2D eigenvalue weighted by atomic mass is 32.1. The van der Waals surface area contributed by atoms with Crippen molar-refractivity contribution in [3.63, 3.8) is 0 Å². The minimum absolute atomic E-state index is 0.146. The molecule has 136 valence electrons. The van der Waals surface area contributed by atoms with Crippen LogP contribution >= 0.6 is 11.3 Å². The summed E-state index contributed by atoms with van der Waals surface area (Å²) in [5.74, 6) is 0.478. The van der Waals surface area contributed by atoms with Gasteiger partial charge in [-0.3, -0.25) is 9.59 Å². The van der Waals surface area contributed by atoms with Crippen LogP contribution in [0.5, 0.6) is 11.5 Å². The lowest BCUT2D eigenvalue weighted by Crippen LogP contribution is -2.17. The van der Waals surface area contributed by atoms with Crippen molar-refractivity contribution in [1.29, 1.82) is 0 Å². The lowest BCUT2D eigenvalue weighted by Gasteiger charge is -2.05. The molecule has 3 aromatic rings. The number of benzene rings is 2. The fourth-order valence-electron chi connectivity index (χ4n) is 2.82. The van der Waals surface area contributed by atoms with E-state index < -0.39 is 5.91 Å². The molecule has 0 bridgehead atoms. The Labute approximate surface area is 159 Å². The number of nitrogens with one attached hydrogen (secondary N) is 1. The molecule has 0 atom stereocenters. The van der Waals surface area contributed by atoms with Gasteiger partial charge < -0.3 is 20.5 Å². The van der Waals surface area contributed by atoms with E-state index in [1.165, 1.54) is 11.3 Å². The van der Waals surface area contributed by atoms with Crippen molar-refractivity contribution in [2.75, 3.05) is 12.1 Å². The predicted molar refractivity (Wildman–Crippen MR) is 103 cm³/mol. The summed E-state index contributed by atoms with van der Waals surface area (Å²) >= 11 is 1.32. The number of amides is 2. The Morgan fingerprint density at radius 2 is 1.81 bits per heavy atom. The Hall–Kier alpha value is -3.32. The Balaban J connectivity index is 1.53. The molecular formula is C20H16N2O4S. The highest BCUT2D eigenvalue weighted by Gasteiger charge is 2.18. The molecule has 0 unspecified atom stereocenters. The van der Waals surface area contributed by atoms with Crippen LogP contribution in [0.1, 0.15) is 15.9 Å². The van der Waals surface area contributed by atoms with E-state index in [1.807, 2.05) is 36.4 Å². The number of fused-ring (bicyclic) bond motifs is 1. The molecule has 4 rings (SSSR count). The van der Waals surface area contributed by atoms with E-state index in [4.69, 9.17) is 15.2 Å². The topological polar surface area (TPSA) is 90.7 Å². The number of nitrogens with two attached hydrogens (primary N) is 1. The zero-order valence-corrected chi connectivity index (χ0v) is 15.0. The summed E-state index contributed by atoms with van der Waals surface area (Å²) < 4.78 is 10.6. The normalized spacial score (nSPS) is 12.0. The van der Waals surface area contributed by atoms with Gasteiger partial charge in [0.1, 0.15) is 5.00 Å². The van der Waals surface area contributed by atoms with Crippen molar-refractivity contribution in [2.45, 2.75) is 6.42 Å². The van der Waals surface area contributed by atoms with Gasteiger partial charge >= 0.3 is 0 Å². The molecular weight excluding hydrogens is 364 g/mol.